The second kappa shape index (κ2) is 7.37. The van der Waals surface area contributed by atoms with Crippen LogP contribution in [-0.4, -0.2) is 34.5 Å². The van der Waals surface area contributed by atoms with E-state index in [1.54, 1.807) is 0 Å². The minimum atomic E-state index is -0.118. The lowest BCUT2D eigenvalue weighted by molar-refractivity contribution is -0.117. The van der Waals surface area contributed by atoms with Crippen LogP contribution in [0, 0.1) is 13.8 Å². The Labute approximate surface area is 136 Å². The highest BCUT2D eigenvalue weighted by Crippen LogP contribution is 2.19. The number of hydrogen-bond acceptors (Lipinski definition) is 5. The molecule has 1 heterocycles. The standard InChI is InChI=1S/C17H24N4O2/c1-6-15-19-17(23-20-15)13(4)21(5)10-16(22)18-14-9-7-8-11(2)12(14)3/h7-9,13H,6,10H2,1-5H3,(H,18,22)/t13-/m1/s1. The van der Waals surface area contributed by atoms with Crippen LogP contribution in [0.3, 0.4) is 0 Å². The van der Waals surface area contributed by atoms with Gasteiger partial charge in [0.1, 0.15) is 0 Å². The summed E-state index contributed by atoms with van der Waals surface area (Å²) < 4.78 is 5.24. The first-order chi connectivity index (χ1) is 10.9. The molecular formula is C17H24N4O2. The van der Waals surface area contributed by atoms with Crippen molar-refractivity contribution >= 4 is 11.6 Å². The van der Waals surface area contributed by atoms with Gasteiger partial charge in [-0.25, -0.2) is 0 Å². The van der Waals surface area contributed by atoms with Crippen LogP contribution < -0.4 is 5.32 Å². The molecule has 0 saturated carbocycles. The van der Waals surface area contributed by atoms with Crippen LogP contribution in [0.2, 0.25) is 0 Å². The van der Waals surface area contributed by atoms with Crippen molar-refractivity contribution in [1.82, 2.24) is 15.0 Å². The number of likely N-dealkylation sites (N-methyl/N-ethyl adjacent to an activating group) is 1. The van der Waals surface area contributed by atoms with Gasteiger partial charge in [-0.2, -0.15) is 4.98 Å². The molecule has 0 spiro atoms. The molecule has 23 heavy (non-hydrogen) atoms. The van der Waals surface area contributed by atoms with Crippen LogP contribution in [0.5, 0.6) is 0 Å². The Kier molecular flexibility index (Phi) is 5.50. The number of carbonyl (C=O) groups is 1. The highest BCUT2D eigenvalue weighted by molar-refractivity contribution is 5.93. The molecule has 0 unspecified atom stereocenters. The maximum absolute atomic E-state index is 12.3. The number of carbonyl (C=O) groups excluding carboxylic acids is 1. The highest BCUT2D eigenvalue weighted by atomic mass is 16.5. The average Bonchev–Trinajstić information content (AvgIpc) is 3.00. The van der Waals surface area contributed by atoms with Gasteiger partial charge in [0.2, 0.25) is 11.8 Å². The number of benzene rings is 1. The fraction of sp³-hybridized carbons (Fsp3) is 0.471. The number of aryl methyl sites for hydroxylation is 2. The molecule has 124 valence electrons. The molecule has 0 aliphatic carbocycles. The third kappa shape index (κ3) is 4.16. The predicted molar refractivity (Wildman–Crippen MR) is 89.3 cm³/mol. The van der Waals surface area contributed by atoms with Crippen LogP contribution in [0.1, 0.15) is 42.7 Å². The van der Waals surface area contributed by atoms with E-state index in [2.05, 4.69) is 15.5 Å². The number of hydrogen-bond donors (Lipinski definition) is 1. The van der Waals surface area contributed by atoms with Crippen molar-refractivity contribution in [3.05, 3.63) is 41.0 Å². The van der Waals surface area contributed by atoms with Crippen molar-refractivity contribution in [2.75, 3.05) is 18.9 Å². The van der Waals surface area contributed by atoms with E-state index >= 15 is 0 Å². The fourth-order valence-corrected chi connectivity index (χ4v) is 2.21. The van der Waals surface area contributed by atoms with E-state index in [1.165, 1.54) is 0 Å². The van der Waals surface area contributed by atoms with Gasteiger partial charge >= 0.3 is 0 Å². The maximum atomic E-state index is 12.3. The van der Waals surface area contributed by atoms with Gasteiger partial charge in [0, 0.05) is 12.1 Å². The van der Waals surface area contributed by atoms with Gasteiger partial charge in [0.05, 0.1) is 12.6 Å². The Balaban J connectivity index is 1.97. The van der Waals surface area contributed by atoms with Crippen LogP contribution in [0.25, 0.3) is 0 Å². The van der Waals surface area contributed by atoms with E-state index < -0.39 is 0 Å². The molecule has 2 aromatic rings. The van der Waals surface area contributed by atoms with E-state index in [-0.39, 0.29) is 18.5 Å². The Morgan fingerprint density at radius 2 is 2.13 bits per heavy atom. The molecule has 2 rings (SSSR count). The van der Waals surface area contributed by atoms with Gasteiger partial charge in [-0.3, -0.25) is 9.69 Å². The van der Waals surface area contributed by atoms with E-state index in [9.17, 15) is 4.79 Å². The zero-order chi connectivity index (χ0) is 17.0. The number of aromatic nitrogens is 2. The average molecular weight is 316 g/mol. The summed E-state index contributed by atoms with van der Waals surface area (Å²) >= 11 is 0. The summed E-state index contributed by atoms with van der Waals surface area (Å²) in [5, 5.41) is 6.85. The molecule has 1 amide bonds. The van der Waals surface area contributed by atoms with E-state index in [0.29, 0.717) is 11.7 Å². The number of nitrogens with one attached hydrogen (secondary N) is 1. The van der Waals surface area contributed by atoms with E-state index in [1.807, 2.05) is 57.8 Å². The van der Waals surface area contributed by atoms with Crippen LogP contribution in [-0.2, 0) is 11.2 Å². The third-order valence-electron chi connectivity index (χ3n) is 4.09. The lowest BCUT2D eigenvalue weighted by atomic mass is 10.1. The van der Waals surface area contributed by atoms with Gasteiger partial charge < -0.3 is 9.84 Å². The summed E-state index contributed by atoms with van der Waals surface area (Å²) in [6, 6.07) is 5.76. The van der Waals surface area contributed by atoms with Gasteiger partial charge in [-0.1, -0.05) is 24.2 Å². The predicted octanol–water partition coefficient (Wildman–Crippen LogP) is 2.88. The Bertz CT molecular complexity index is 681. The van der Waals surface area contributed by atoms with Crippen LogP contribution in [0.15, 0.2) is 22.7 Å². The second-order valence-electron chi connectivity index (χ2n) is 5.79. The second-order valence-corrected chi connectivity index (χ2v) is 5.79. The van der Waals surface area contributed by atoms with Crippen LogP contribution in [0.4, 0.5) is 5.69 Å². The summed E-state index contributed by atoms with van der Waals surface area (Å²) in [5.74, 6) is 1.15. The minimum Gasteiger partial charge on any atom is -0.338 e. The van der Waals surface area contributed by atoms with Crippen molar-refractivity contribution < 1.29 is 9.32 Å². The molecule has 1 atom stereocenters. The first-order valence-electron chi connectivity index (χ1n) is 7.81. The van der Waals surface area contributed by atoms with Gasteiger partial charge in [-0.05, 0) is 45.0 Å². The lowest BCUT2D eigenvalue weighted by Gasteiger charge is -2.21. The first-order valence-corrected chi connectivity index (χ1v) is 7.81. The van der Waals surface area contributed by atoms with Crippen LogP contribution >= 0.6 is 0 Å². The van der Waals surface area contributed by atoms with E-state index in [0.717, 1.165) is 23.2 Å². The number of nitrogens with zero attached hydrogens (tertiary/aromatic N) is 3. The molecule has 6 heteroatoms. The molecule has 1 N–H and O–H groups in total. The third-order valence-corrected chi connectivity index (χ3v) is 4.09. The van der Waals surface area contributed by atoms with Gasteiger partial charge in [0.15, 0.2) is 5.82 Å². The SMILES string of the molecule is CCc1noc([C@@H](C)N(C)CC(=O)Nc2cccc(C)c2C)n1. The molecule has 0 fully saturated rings. The summed E-state index contributed by atoms with van der Waals surface area (Å²) in [6.45, 7) is 8.19. The molecule has 6 nitrogen and oxygen atoms in total. The van der Waals surface area contributed by atoms with Crippen molar-refractivity contribution in [2.45, 2.75) is 40.2 Å². The molecular weight excluding hydrogens is 292 g/mol. The summed E-state index contributed by atoms with van der Waals surface area (Å²) in [4.78, 5) is 18.5. The minimum absolute atomic E-state index is 0.0664. The normalized spacial score (nSPS) is 12.4. The summed E-state index contributed by atoms with van der Waals surface area (Å²) in [5.41, 5.74) is 3.09. The highest BCUT2D eigenvalue weighted by Gasteiger charge is 2.20. The molecule has 0 bridgehead atoms. The molecule has 0 aliphatic heterocycles. The lowest BCUT2D eigenvalue weighted by Crippen LogP contribution is -2.32. The van der Waals surface area contributed by atoms with Gasteiger partial charge in [0.25, 0.3) is 0 Å². The summed E-state index contributed by atoms with van der Waals surface area (Å²) in [6.07, 6.45) is 0.729. The number of rotatable bonds is 6. The van der Waals surface area contributed by atoms with Crippen molar-refractivity contribution in [3.8, 4) is 0 Å². The van der Waals surface area contributed by atoms with E-state index in [4.69, 9.17) is 4.52 Å². The molecule has 1 aromatic carbocycles. The Hall–Kier alpha value is -2.21. The smallest absolute Gasteiger partial charge is 0.243 e. The largest absolute Gasteiger partial charge is 0.338 e. The fourth-order valence-electron chi connectivity index (χ4n) is 2.21. The molecule has 0 aliphatic rings. The Morgan fingerprint density at radius 1 is 1.39 bits per heavy atom. The maximum Gasteiger partial charge on any atom is 0.243 e. The summed E-state index contributed by atoms with van der Waals surface area (Å²) in [7, 11) is 1.86. The zero-order valence-electron chi connectivity index (χ0n) is 14.4. The quantitative estimate of drug-likeness (QED) is 0.887. The van der Waals surface area contributed by atoms with Gasteiger partial charge in [-0.15, -0.1) is 0 Å². The molecule has 0 radical (unpaired) electrons. The van der Waals surface area contributed by atoms with Crippen molar-refractivity contribution in [2.24, 2.45) is 0 Å². The number of anilines is 1. The molecule has 1 aromatic heterocycles. The van der Waals surface area contributed by atoms with Crippen molar-refractivity contribution in [3.63, 3.8) is 0 Å². The first kappa shape index (κ1) is 17.1. The zero-order valence-corrected chi connectivity index (χ0v) is 14.4. The number of amides is 1. The topological polar surface area (TPSA) is 71.3 Å². The van der Waals surface area contributed by atoms with Crippen molar-refractivity contribution in [1.29, 1.82) is 0 Å². The Morgan fingerprint density at radius 3 is 2.78 bits per heavy atom. The monoisotopic (exact) mass is 316 g/mol. The molecule has 0 saturated heterocycles.